The highest BCUT2D eigenvalue weighted by atomic mass is 16.5. The first kappa shape index (κ1) is 16.3. The Morgan fingerprint density at radius 1 is 1.23 bits per heavy atom. The number of aromatic nitrogens is 2. The molecule has 4 rings (SSSR count). The Hall–Kier alpha value is -3.15. The second-order valence-corrected chi connectivity index (χ2v) is 6.39. The van der Waals surface area contributed by atoms with E-state index in [9.17, 15) is 9.59 Å². The van der Waals surface area contributed by atoms with Crippen molar-refractivity contribution in [1.82, 2.24) is 14.9 Å². The van der Waals surface area contributed by atoms with E-state index in [-0.39, 0.29) is 18.5 Å². The average molecular weight is 349 g/mol. The Kier molecular flexibility index (Phi) is 4.39. The molecule has 2 aromatic heterocycles. The van der Waals surface area contributed by atoms with Crippen molar-refractivity contribution in [3.05, 3.63) is 66.0 Å². The summed E-state index contributed by atoms with van der Waals surface area (Å²) in [5, 5.41) is 0.873. The predicted molar refractivity (Wildman–Crippen MR) is 96.4 cm³/mol. The maximum atomic E-state index is 12.9. The minimum Gasteiger partial charge on any atom is -0.459 e. The molecule has 1 unspecified atom stereocenters. The van der Waals surface area contributed by atoms with Gasteiger partial charge in [-0.25, -0.2) is 9.78 Å². The summed E-state index contributed by atoms with van der Waals surface area (Å²) < 4.78 is 5.43. The van der Waals surface area contributed by atoms with Crippen LogP contribution in [0.3, 0.4) is 0 Å². The number of amides is 1. The third-order valence-corrected chi connectivity index (χ3v) is 4.66. The van der Waals surface area contributed by atoms with Crippen molar-refractivity contribution < 1.29 is 14.3 Å². The summed E-state index contributed by atoms with van der Waals surface area (Å²) >= 11 is 0. The zero-order valence-corrected chi connectivity index (χ0v) is 14.2. The number of ether oxygens (including phenoxy) is 1. The van der Waals surface area contributed by atoms with E-state index in [1.54, 1.807) is 23.4 Å². The molecule has 1 aromatic carbocycles. The van der Waals surface area contributed by atoms with E-state index < -0.39 is 6.04 Å². The van der Waals surface area contributed by atoms with Crippen molar-refractivity contribution in [3.63, 3.8) is 0 Å². The van der Waals surface area contributed by atoms with Gasteiger partial charge in [0.05, 0.1) is 5.56 Å². The number of carbonyl (C=O) groups is 2. The molecule has 0 aliphatic carbocycles. The maximum Gasteiger partial charge on any atom is 0.329 e. The minimum atomic E-state index is -0.534. The van der Waals surface area contributed by atoms with Crippen LogP contribution in [0.25, 0.3) is 11.0 Å². The highest BCUT2D eigenvalue weighted by molar-refractivity contribution is 5.99. The Morgan fingerprint density at radius 2 is 2.08 bits per heavy atom. The van der Waals surface area contributed by atoms with Gasteiger partial charge in [0.25, 0.3) is 5.91 Å². The first-order chi connectivity index (χ1) is 12.7. The second kappa shape index (κ2) is 7.00. The normalized spacial score (nSPS) is 16.8. The highest BCUT2D eigenvalue weighted by Gasteiger charge is 2.35. The number of esters is 1. The van der Waals surface area contributed by atoms with Crippen LogP contribution >= 0.6 is 0 Å². The minimum absolute atomic E-state index is 0.181. The summed E-state index contributed by atoms with van der Waals surface area (Å²) in [5.41, 5.74) is 2.15. The highest BCUT2D eigenvalue weighted by Crippen LogP contribution is 2.22. The van der Waals surface area contributed by atoms with Crippen molar-refractivity contribution in [2.24, 2.45) is 0 Å². The molecule has 6 nitrogen and oxygen atoms in total. The molecule has 1 fully saturated rings. The molecule has 3 aromatic rings. The van der Waals surface area contributed by atoms with Crippen molar-refractivity contribution in [2.75, 3.05) is 6.54 Å². The lowest BCUT2D eigenvalue weighted by molar-refractivity contribution is -0.149. The van der Waals surface area contributed by atoms with Gasteiger partial charge >= 0.3 is 5.97 Å². The zero-order valence-electron chi connectivity index (χ0n) is 14.2. The van der Waals surface area contributed by atoms with Crippen molar-refractivity contribution in [1.29, 1.82) is 0 Å². The van der Waals surface area contributed by atoms with E-state index in [2.05, 4.69) is 9.97 Å². The smallest absolute Gasteiger partial charge is 0.329 e. The fraction of sp³-hybridized carbons (Fsp3) is 0.250. The van der Waals surface area contributed by atoms with Gasteiger partial charge in [-0.3, -0.25) is 4.79 Å². The van der Waals surface area contributed by atoms with Crippen molar-refractivity contribution >= 4 is 22.9 Å². The summed E-state index contributed by atoms with van der Waals surface area (Å²) in [6, 6.07) is 12.7. The van der Waals surface area contributed by atoms with E-state index >= 15 is 0 Å². The van der Waals surface area contributed by atoms with Gasteiger partial charge in [0, 0.05) is 24.3 Å². The third kappa shape index (κ3) is 3.18. The molecular weight excluding hydrogens is 330 g/mol. The van der Waals surface area contributed by atoms with Gasteiger partial charge in [0.2, 0.25) is 0 Å². The lowest BCUT2D eigenvalue weighted by Gasteiger charge is -2.23. The molecule has 0 bridgehead atoms. The summed E-state index contributed by atoms with van der Waals surface area (Å²) in [6.45, 7) is 0.768. The number of rotatable bonds is 4. The molecule has 132 valence electrons. The van der Waals surface area contributed by atoms with Crippen LogP contribution in [0.1, 0.15) is 28.8 Å². The quantitative estimate of drug-likeness (QED) is 0.735. The number of nitrogens with one attached hydrogen (secondary N) is 1. The van der Waals surface area contributed by atoms with Gasteiger partial charge in [0.1, 0.15) is 18.3 Å². The molecule has 1 aliphatic rings. The predicted octanol–water partition coefficient (Wildman–Crippen LogP) is 2.91. The summed E-state index contributed by atoms with van der Waals surface area (Å²) in [5.74, 6) is -0.532. The van der Waals surface area contributed by atoms with E-state index in [4.69, 9.17) is 4.74 Å². The maximum absolute atomic E-state index is 12.9. The standard InChI is InChI=1S/C20H19N3O3/c24-19(16-11-15-8-9-21-18(15)22-12-16)23-10-4-7-17(23)20(25)26-13-14-5-2-1-3-6-14/h1-3,5-6,8-9,11-12,17H,4,7,10,13H2,(H,21,22). The number of fused-ring (bicyclic) bond motifs is 1. The summed E-state index contributed by atoms with van der Waals surface area (Å²) in [7, 11) is 0. The number of aromatic amines is 1. The Bertz CT molecular complexity index is 936. The molecule has 6 heteroatoms. The molecule has 0 radical (unpaired) electrons. The Labute approximate surface area is 150 Å². The molecular formula is C20H19N3O3. The van der Waals surface area contributed by atoms with Crippen LogP contribution in [0.15, 0.2) is 54.9 Å². The van der Waals surface area contributed by atoms with E-state index in [0.717, 1.165) is 23.0 Å². The first-order valence-electron chi connectivity index (χ1n) is 8.67. The first-order valence-corrected chi connectivity index (χ1v) is 8.67. The summed E-state index contributed by atoms with van der Waals surface area (Å²) in [6.07, 6.45) is 4.74. The van der Waals surface area contributed by atoms with E-state index in [0.29, 0.717) is 18.5 Å². The van der Waals surface area contributed by atoms with Crippen LogP contribution in [-0.4, -0.2) is 39.3 Å². The number of likely N-dealkylation sites (tertiary alicyclic amines) is 1. The number of hydrogen-bond acceptors (Lipinski definition) is 4. The molecule has 0 saturated carbocycles. The topological polar surface area (TPSA) is 75.3 Å². The summed E-state index contributed by atoms with van der Waals surface area (Å²) in [4.78, 5) is 34.2. The van der Waals surface area contributed by atoms with Crippen LogP contribution in [0, 0.1) is 0 Å². The Morgan fingerprint density at radius 3 is 2.92 bits per heavy atom. The van der Waals surface area contributed by atoms with Crippen LogP contribution in [0.5, 0.6) is 0 Å². The van der Waals surface area contributed by atoms with Crippen LogP contribution in [0.2, 0.25) is 0 Å². The lowest BCUT2D eigenvalue weighted by Crippen LogP contribution is -2.41. The number of H-pyrrole nitrogens is 1. The largest absolute Gasteiger partial charge is 0.459 e. The SMILES string of the molecule is O=C(OCc1ccccc1)C1CCCN1C(=O)c1cnc2[nH]ccc2c1. The average Bonchev–Trinajstić information content (AvgIpc) is 3.35. The second-order valence-electron chi connectivity index (χ2n) is 6.39. The number of carbonyl (C=O) groups excluding carboxylic acids is 2. The van der Waals surface area contributed by atoms with Gasteiger partial charge in [-0.05, 0) is 30.5 Å². The molecule has 1 saturated heterocycles. The number of benzene rings is 1. The molecule has 1 N–H and O–H groups in total. The molecule has 0 spiro atoms. The van der Waals surface area contributed by atoms with Gasteiger partial charge in [0.15, 0.2) is 0 Å². The fourth-order valence-electron chi connectivity index (χ4n) is 3.30. The van der Waals surface area contributed by atoms with Crippen LogP contribution < -0.4 is 0 Å². The fourth-order valence-corrected chi connectivity index (χ4v) is 3.30. The van der Waals surface area contributed by atoms with Gasteiger partial charge in [-0.15, -0.1) is 0 Å². The van der Waals surface area contributed by atoms with Gasteiger partial charge in [-0.1, -0.05) is 30.3 Å². The van der Waals surface area contributed by atoms with E-state index in [1.165, 1.54) is 0 Å². The number of hydrogen-bond donors (Lipinski definition) is 1. The Balaban J connectivity index is 1.46. The molecule has 1 atom stereocenters. The zero-order chi connectivity index (χ0) is 17.9. The number of nitrogens with zero attached hydrogens (tertiary/aromatic N) is 2. The third-order valence-electron chi connectivity index (χ3n) is 4.66. The lowest BCUT2D eigenvalue weighted by atomic mass is 10.2. The number of pyridine rings is 1. The van der Waals surface area contributed by atoms with Gasteiger partial charge < -0.3 is 14.6 Å². The monoisotopic (exact) mass is 349 g/mol. The van der Waals surface area contributed by atoms with Crippen LogP contribution in [-0.2, 0) is 16.1 Å². The molecule has 26 heavy (non-hydrogen) atoms. The van der Waals surface area contributed by atoms with Crippen molar-refractivity contribution in [3.8, 4) is 0 Å². The van der Waals surface area contributed by atoms with Gasteiger partial charge in [-0.2, -0.15) is 0 Å². The van der Waals surface area contributed by atoms with E-state index in [1.807, 2.05) is 36.4 Å². The van der Waals surface area contributed by atoms with Crippen molar-refractivity contribution in [2.45, 2.75) is 25.5 Å². The van der Waals surface area contributed by atoms with Crippen LogP contribution in [0.4, 0.5) is 0 Å². The molecule has 3 heterocycles. The molecule has 1 amide bonds. The molecule has 1 aliphatic heterocycles.